The Balaban J connectivity index is 1.41. The molecule has 1 N–H and O–H groups in total. The molecule has 1 amide bonds. The molecule has 0 saturated carbocycles. The number of hydrogen-bond donors (Lipinski definition) is 1. The Kier molecular flexibility index (Phi) is 6.65. The Bertz CT molecular complexity index is 759. The molecule has 7 heteroatoms. The minimum atomic E-state index is -0.136. The van der Waals surface area contributed by atoms with Crippen LogP contribution in [0.4, 0.5) is 5.69 Å². The molecular weight excluding hydrogens is 393 g/mol. The number of piperazine rings is 1. The fraction of sp³-hybridized carbons (Fsp3) is 0.316. The Morgan fingerprint density at radius 3 is 2.27 bits per heavy atom. The molecule has 1 saturated heterocycles. The number of benzene rings is 2. The molecular formula is C19H20Cl3N3O. The van der Waals surface area contributed by atoms with Gasteiger partial charge in [-0.05, 0) is 42.5 Å². The largest absolute Gasteiger partial charge is 0.369 e. The van der Waals surface area contributed by atoms with Gasteiger partial charge in [-0.3, -0.25) is 9.69 Å². The number of nitrogens with zero attached hydrogens (tertiary/aromatic N) is 2. The third-order valence-corrected chi connectivity index (χ3v) is 5.45. The molecule has 0 radical (unpaired) electrons. The second kappa shape index (κ2) is 8.96. The van der Waals surface area contributed by atoms with Crippen LogP contribution >= 0.6 is 34.8 Å². The maximum absolute atomic E-state index is 12.2. The Hall–Kier alpha value is -1.46. The fourth-order valence-corrected chi connectivity index (χ4v) is 3.37. The average molecular weight is 413 g/mol. The average Bonchev–Trinajstić information content (AvgIpc) is 2.65. The molecule has 0 aromatic heterocycles. The van der Waals surface area contributed by atoms with Gasteiger partial charge in [-0.2, -0.15) is 0 Å². The third kappa shape index (κ3) is 5.04. The van der Waals surface area contributed by atoms with Crippen LogP contribution in [-0.2, 0) is 0 Å². The van der Waals surface area contributed by atoms with E-state index in [1.165, 1.54) is 5.69 Å². The molecule has 1 aliphatic rings. The first-order valence-electron chi connectivity index (χ1n) is 8.49. The summed E-state index contributed by atoms with van der Waals surface area (Å²) < 4.78 is 0. The monoisotopic (exact) mass is 411 g/mol. The van der Waals surface area contributed by atoms with Gasteiger partial charge in [0.25, 0.3) is 5.91 Å². The highest BCUT2D eigenvalue weighted by atomic mass is 35.5. The minimum absolute atomic E-state index is 0.136. The van der Waals surface area contributed by atoms with Crippen molar-refractivity contribution in [2.24, 2.45) is 0 Å². The number of halogens is 3. The van der Waals surface area contributed by atoms with Crippen molar-refractivity contribution in [3.05, 3.63) is 63.1 Å². The highest BCUT2D eigenvalue weighted by molar-refractivity contribution is 6.42. The zero-order valence-electron chi connectivity index (χ0n) is 14.2. The zero-order valence-corrected chi connectivity index (χ0v) is 16.5. The molecule has 2 aromatic rings. The highest BCUT2D eigenvalue weighted by Crippen LogP contribution is 2.22. The summed E-state index contributed by atoms with van der Waals surface area (Å²) in [7, 11) is 0. The summed E-state index contributed by atoms with van der Waals surface area (Å²) in [6.07, 6.45) is 0. The summed E-state index contributed by atoms with van der Waals surface area (Å²) in [6, 6.07) is 12.8. The van der Waals surface area contributed by atoms with Crippen molar-refractivity contribution in [2.45, 2.75) is 0 Å². The molecule has 0 unspecified atom stereocenters. The van der Waals surface area contributed by atoms with E-state index >= 15 is 0 Å². The van der Waals surface area contributed by atoms with E-state index < -0.39 is 0 Å². The van der Waals surface area contributed by atoms with Crippen LogP contribution in [0.5, 0.6) is 0 Å². The number of amides is 1. The molecule has 0 bridgehead atoms. The predicted molar refractivity (Wildman–Crippen MR) is 109 cm³/mol. The summed E-state index contributed by atoms with van der Waals surface area (Å²) >= 11 is 17.8. The van der Waals surface area contributed by atoms with Crippen LogP contribution in [-0.4, -0.2) is 50.1 Å². The molecule has 26 heavy (non-hydrogen) atoms. The lowest BCUT2D eigenvalue weighted by molar-refractivity contribution is 0.0948. The Morgan fingerprint density at radius 1 is 0.923 bits per heavy atom. The summed E-state index contributed by atoms with van der Waals surface area (Å²) in [6.45, 7) is 5.27. The van der Waals surface area contributed by atoms with E-state index in [9.17, 15) is 4.79 Å². The van der Waals surface area contributed by atoms with Crippen LogP contribution < -0.4 is 10.2 Å². The number of carbonyl (C=O) groups is 1. The van der Waals surface area contributed by atoms with E-state index in [0.717, 1.165) is 37.7 Å². The van der Waals surface area contributed by atoms with E-state index in [0.29, 0.717) is 22.2 Å². The number of anilines is 1. The van der Waals surface area contributed by atoms with Gasteiger partial charge in [-0.1, -0.05) is 34.8 Å². The number of carbonyl (C=O) groups excluding carboxylic acids is 1. The smallest absolute Gasteiger partial charge is 0.251 e. The maximum atomic E-state index is 12.2. The lowest BCUT2D eigenvalue weighted by Crippen LogP contribution is -2.48. The van der Waals surface area contributed by atoms with E-state index in [1.54, 1.807) is 18.2 Å². The second-order valence-electron chi connectivity index (χ2n) is 6.19. The van der Waals surface area contributed by atoms with E-state index in [4.69, 9.17) is 34.8 Å². The van der Waals surface area contributed by atoms with Gasteiger partial charge in [-0.15, -0.1) is 0 Å². The van der Waals surface area contributed by atoms with Crippen LogP contribution in [0.1, 0.15) is 10.4 Å². The van der Waals surface area contributed by atoms with Gasteiger partial charge in [0.15, 0.2) is 0 Å². The normalized spacial score (nSPS) is 15.1. The van der Waals surface area contributed by atoms with Crippen LogP contribution in [0, 0.1) is 0 Å². The summed E-state index contributed by atoms with van der Waals surface area (Å²) in [5.74, 6) is -0.136. The molecule has 2 aromatic carbocycles. The number of rotatable bonds is 5. The SMILES string of the molecule is O=C(NCCN1CCN(c2ccc(Cl)cc2)CC1)c1ccc(Cl)c(Cl)c1. The summed E-state index contributed by atoms with van der Waals surface area (Å²) in [5, 5.41) is 4.52. The van der Waals surface area contributed by atoms with Gasteiger partial charge in [0.1, 0.15) is 0 Å². The van der Waals surface area contributed by atoms with Crippen molar-refractivity contribution >= 4 is 46.4 Å². The number of hydrogen-bond acceptors (Lipinski definition) is 3. The molecule has 0 spiro atoms. The van der Waals surface area contributed by atoms with Crippen molar-refractivity contribution < 1.29 is 4.79 Å². The first-order valence-corrected chi connectivity index (χ1v) is 9.62. The molecule has 0 aliphatic carbocycles. The van der Waals surface area contributed by atoms with Gasteiger partial charge >= 0.3 is 0 Å². The van der Waals surface area contributed by atoms with Crippen LogP contribution in [0.25, 0.3) is 0 Å². The molecule has 1 fully saturated rings. The van der Waals surface area contributed by atoms with Crippen molar-refractivity contribution in [1.82, 2.24) is 10.2 Å². The van der Waals surface area contributed by atoms with E-state index in [2.05, 4.69) is 27.2 Å². The molecule has 1 aliphatic heterocycles. The van der Waals surface area contributed by atoms with Gasteiger partial charge in [-0.25, -0.2) is 0 Å². The maximum Gasteiger partial charge on any atom is 0.251 e. The third-order valence-electron chi connectivity index (χ3n) is 4.46. The van der Waals surface area contributed by atoms with Crippen molar-refractivity contribution in [3.8, 4) is 0 Å². The van der Waals surface area contributed by atoms with Crippen molar-refractivity contribution in [2.75, 3.05) is 44.2 Å². The van der Waals surface area contributed by atoms with Crippen LogP contribution in [0.2, 0.25) is 15.1 Å². The van der Waals surface area contributed by atoms with E-state index in [-0.39, 0.29) is 5.91 Å². The zero-order chi connectivity index (χ0) is 18.5. The summed E-state index contributed by atoms with van der Waals surface area (Å²) in [5.41, 5.74) is 1.72. The van der Waals surface area contributed by atoms with Crippen molar-refractivity contribution in [1.29, 1.82) is 0 Å². The minimum Gasteiger partial charge on any atom is -0.369 e. The fourth-order valence-electron chi connectivity index (χ4n) is 2.95. The predicted octanol–water partition coefficient (Wildman–Crippen LogP) is 4.20. The Morgan fingerprint density at radius 2 is 1.62 bits per heavy atom. The molecule has 138 valence electrons. The van der Waals surface area contributed by atoms with Gasteiger partial charge < -0.3 is 10.2 Å². The standard InChI is InChI=1S/C19H20Cl3N3O/c20-15-2-4-16(5-3-15)25-11-9-24(10-12-25)8-7-23-19(26)14-1-6-17(21)18(22)13-14/h1-6,13H,7-12H2,(H,23,26). The van der Waals surface area contributed by atoms with Crippen molar-refractivity contribution in [3.63, 3.8) is 0 Å². The summed E-state index contributed by atoms with van der Waals surface area (Å²) in [4.78, 5) is 16.9. The Labute approximate surface area is 168 Å². The van der Waals surface area contributed by atoms with Gasteiger partial charge in [0, 0.05) is 55.5 Å². The van der Waals surface area contributed by atoms with Crippen LogP contribution in [0.15, 0.2) is 42.5 Å². The second-order valence-corrected chi connectivity index (χ2v) is 7.44. The van der Waals surface area contributed by atoms with E-state index in [1.807, 2.05) is 12.1 Å². The molecule has 1 heterocycles. The lowest BCUT2D eigenvalue weighted by Gasteiger charge is -2.36. The van der Waals surface area contributed by atoms with Gasteiger partial charge in [0.2, 0.25) is 0 Å². The molecule has 4 nitrogen and oxygen atoms in total. The van der Waals surface area contributed by atoms with Crippen LogP contribution in [0.3, 0.4) is 0 Å². The first kappa shape index (κ1) is 19.3. The lowest BCUT2D eigenvalue weighted by atomic mass is 10.2. The van der Waals surface area contributed by atoms with Gasteiger partial charge in [0.05, 0.1) is 10.0 Å². The number of nitrogens with one attached hydrogen (secondary N) is 1. The molecule has 3 rings (SSSR count). The topological polar surface area (TPSA) is 35.6 Å². The quantitative estimate of drug-likeness (QED) is 0.799. The first-order chi connectivity index (χ1) is 12.5. The highest BCUT2D eigenvalue weighted by Gasteiger charge is 2.17. The molecule has 0 atom stereocenters.